The Morgan fingerprint density at radius 2 is 2.00 bits per heavy atom. The molecule has 11 heteroatoms. The monoisotopic (exact) mass is 409 g/mol. The fraction of sp³-hybridized carbons (Fsp3) is 0.267. The number of anilines is 1. The van der Waals surface area contributed by atoms with E-state index in [1.165, 1.54) is 19.1 Å². The Hall–Kier alpha value is -2.26. The summed E-state index contributed by atoms with van der Waals surface area (Å²) in [6, 6.07) is 5.33. The number of carbonyl (C=O) groups excluding carboxylic acids is 2. The average molecular weight is 410 g/mol. The van der Waals surface area contributed by atoms with Gasteiger partial charge in [-0.25, -0.2) is 0 Å². The molecule has 26 heavy (non-hydrogen) atoms. The SMILES string of the molecule is CC(OC(=O)Cn1ccc(C(F)(F)F)n1)C(=O)Nc1cccc(Cl)c1Cl. The van der Waals surface area contributed by atoms with Gasteiger partial charge in [0.05, 0.1) is 15.7 Å². The molecule has 1 amide bonds. The molecule has 1 aromatic carbocycles. The van der Waals surface area contributed by atoms with Crippen LogP contribution in [0.3, 0.4) is 0 Å². The number of carbonyl (C=O) groups is 2. The van der Waals surface area contributed by atoms with E-state index in [9.17, 15) is 22.8 Å². The van der Waals surface area contributed by atoms with Crippen LogP contribution >= 0.6 is 23.2 Å². The van der Waals surface area contributed by atoms with E-state index in [4.69, 9.17) is 27.9 Å². The molecule has 2 rings (SSSR count). The largest absolute Gasteiger partial charge is 0.451 e. The van der Waals surface area contributed by atoms with Crippen LogP contribution in [0, 0.1) is 0 Å². The molecule has 0 aliphatic rings. The van der Waals surface area contributed by atoms with Gasteiger partial charge in [-0.3, -0.25) is 14.3 Å². The van der Waals surface area contributed by atoms with E-state index in [0.717, 1.165) is 16.9 Å². The number of hydrogen-bond acceptors (Lipinski definition) is 4. The van der Waals surface area contributed by atoms with Gasteiger partial charge >= 0.3 is 12.1 Å². The van der Waals surface area contributed by atoms with Crippen LogP contribution in [0.4, 0.5) is 18.9 Å². The first-order valence-electron chi connectivity index (χ1n) is 7.13. The fourth-order valence-electron chi connectivity index (χ4n) is 1.86. The Bertz CT molecular complexity index is 824. The molecule has 0 saturated carbocycles. The van der Waals surface area contributed by atoms with Gasteiger partial charge < -0.3 is 10.1 Å². The standard InChI is InChI=1S/C15H12Cl2F3N3O3/c1-8(14(25)21-10-4-2-3-9(16)13(10)17)26-12(24)7-23-6-5-11(22-23)15(18,19)20/h2-6,8H,7H2,1H3,(H,21,25). The van der Waals surface area contributed by atoms with Crippen LogP contribution < -0.4 is 5.32 Å². The number of nitrogens with one attached hydrogen (secondary N) is 1. The van der Waals surface area contributed by atoms with Crippen LogP contribution in [0.15, 0.2) is 30.5 Å². The number of rotatable bonds is 5. The zero-order valence-electron chi connectivity index (χ0n) is 13.2. The molecule has 0 saturated heterocycles. The highest BCUT2D eigenvalue weighted by Crippen LogP contribution is 2.29. The van der Waals surface area contributed by atoms with E-state index in [1.807, 2.05) is 0 Å². The number of ether oxygens (including phenoxy) is 1. The van der Waals surface area contributed by atoms with Crippen LogP contribution in [0.25, 0.3) is 0 Å². The molecule has 1 aromatic heterocycles. The third-order valence-electron chi connectivity index (χ3n) is 3.11. The highest BCUT2D eigenvalue weighted by atomic mass is 35.5. The third-order valence-corrected chi connectivity index (χ3v) is 3.93. The predicted octanol–water partition coefficient (Wildman–Crippen LogP) is 3.78. The number of alkyl halides is 3. The Labute approximate surface area is 155 Å². The zero-order valence-corrected chi connectivity index (χ0v) is 14.7. The number of hydrogen-bond donors (Lipinski definition) is 1. The van der Waals surface area contributed by atoms with Gasteiger partial charge in [0.15, 0.2) is 11.8 Å². The van der Waals surface area contributed by atoms with Crippen molar-refractivity contribution < 1.29 is 27.5 Å². The van der Waals surface area contributed by atoms with Gasteiger partial charge in [-0.15, -0.1) is 0 Å². The quantitative estimate of drug-likeness (QED) is 0.762. The van der Waals surface area contributed by atoms with Gasteiger partial charge in [0.1, 0.15) is 6.54 Å². The molecule has 0 radical (unpaired) electrons. The number of nitrogens with zero attached hydrogens (tertiary/aromatic N) is 2. The van der Waals surface area contributed by atoms with Crippen molar-refractivity contribution in [1.82, 2.24) is 9.78 Å². The molecule has 140 valence electrons. The van der Waals surface area contributed by atoms with Crippen molar-refractivity contribution in [1.29, 1.82) is 0 Å². The van der Waals surface area contributed by atoms with Crippen LogP contribution in [-0.4, -0.2) is 27.8 Å². The molecule has 0 bridgehead atoms. The van der Waals surface area contributed by atoms with E-state index in [2.05, 4.69) is 10.4 Å². The van der Waals surface area contributed by atoms with Gasteiger partial charge in [-0.05, 0) is 25.1 Å². The Balaban J connectivity index is 1.93. The minimum absolute atomic E-state index is 0.122. The number of amides is 1. The van der Waals surface area contributed by atoms with E-state index >= 15 is 0 Å². The summed E-state index contributed by atoms with van der Waals surface area (Å²) in [5, 5.41) is 6.01. The number of benzene rings is 1. The molecule has 1 heterocycles. The van der Waals surface area contributed by atoms with Crippen LogP contribution in [0.5, 0.6) is 0 Å². The molecule has 2 aromatic rings. The second-order valence-corrected chi connectivity index (χ2v) is 5.90. The predicted molar refractivity (Wildman–Crippen MR) is 87.9 cm³/mol. The second-order valence-electron chi connectivity index (χ2n) is 5.12. The number of esters is 1. The molecule has 0 fully saturated rings. The minimum atomic E-state index is -4.61. The molecule has 0 spiro atoms. The van der Waals surface area contributed by atoms with Gasteiger partial charge in [0.25, 0.3) is 5.91 Å². The zero-order chi connectivity index (χ0) is 19.5. The van der Waals surface area contributed by atoms with E-state index in [0.29, 0.717) is 0 Å². The lowest BCUT2D eigenvalue weighted by Gasteiger charge is -2.14. The molecular weight excluding hydrogens is 398 g/mol. The lowest BCUT2D eigenvalue weighted by Crippen LogP contribution is -2.31. The van der Waals surface area contributed by atoms with Crippen molar-refractivity contribution in [3.8, 4) is 0 Å². The Kier molecular flexibility index (Phi) is 6.14. The van der Waals surface area contributed by atoms with E-state index in [1.54, 1.807) is 6.07 Å². The summed E-state index contributed by atoms with van der Waals surface area (Å²) in [5.74, 6) is -1.61. The Morgan fingerprint density at radius 1 is 1.31 bits per heavy atom. The lowest BCUT2D eigenvalue weighted by atomic mass is 10.3. The highest BCUT2D eigenvalue weighted by molar-refractivity contribution is 6.44. The molecule has 0 aliphatic carbocycles. The normalized spacial score (nSPS) is 12.5. The van der Waals surface area contributed by atoms with Crippen molar-refractivity contribution in [3.63, 3.8) is 0 Å². The number of aromatic nitrogens is 2. The molecule has 1 N–H and O–H groups in total. The maximum absolute atomic E-state index is 12.5. The minimum Gasteiger partial charge on any atom is -0.451 e. The van der Waals surface area contributed by atoms with Crippen LogP contribution in [0.1, 0.15) is 12.6 Å². The maximum Gasteiger partial charge on any atom is 0.435 e. The summed E-state index contributed by atoms with van der Waals surface area (Å²) in [5.41, 5.74) is -0.902. The summed E-state index contributed by atoms with van der Waals surface area (Å²) in [6.45, 7) is 0.724. The van der Waals surface area contributed by atoms with E-state index < -0.39 is 36.4 Å². The van der Waals surface area contributed by atoms with Crippen molar-refractivity contribution in [2.24, 2.45) is 0 Å². The second kappa shape index (κ2) is 7.96. The van der Waals surface area contributed by atoms with Gasteiger partial charge in [0, 0.05) is 6.20 Å². The average Bonchev–Trinajstić information content (AvgIpc) is 3.00. The van der Waals surface area contributed by atoms with Crippen molar-refractivity contribution >= 4 is 40.8 Å². The van der Waals surface area contributed by atoms with Crippen LogP contribution in [-0.2, 0) is 27.0 Å². The smallest absolute Gasteiger partial charge is 0.435 e. The van der Waals surface area contributed by atoms with E-state index in [-0.39, 0.29) is 15.7 Å². The van der Waals surface area contributed by atoms with Gasteiger partial charge in [0.2, 0.25) is 0 Å². The first kappa shape index (κ1) is 20.1. The summed E-state index contributed by atoms with van der Waals surface area (Å²) in [6.07, 6.45) is -4.84. The third kappa shape index (κ3) is 5.12. The Morgan fingerprint density at radius 3 is 2.62 bits per heavy atom. The first-order chi connectivity index (χ1) is 12.1. The number of halogens is 5. The molecule has 0 aliphatic heterocycles. The first-order valence-corrected chi connectivity index (χ1v) is 7.88. The highest BCUT2D eigenvalue weighted by Gasteiger charge is 2.33. The maximum atomic E-state index is 12.5. The van der Waals surface area contributed by atoms with Gasteiger partial charge in [-0.2, -0.15) is 18.3 Å². The van der Waals surface area contributed by atoms with Crippen LogP contribution in [0.2, 0.25) is 10.0 Å². The van der Waals surface area contributed by atoms with Gasteiger partial charge in [-0.1, -0.05) is 29.3 Å². The summed E-state index contributed by atoms with van der Waals surface area (Å²) in [7, 11) is 0. The molecule has 1 atom stereocenters. The van der Waals surface area contributed by atoms with Crippen molar-refractivity contribution in [2.75, 3.05) is 5.32 Å². The fourth-order valence-corrected chi connectivity index (χ4v) is 2.20. The summed E-state index contributed by atoms with van der Waals surface area (Å²) < 4.78 is 43.0. The van der Waals surface area contributed by atoms with Crippen molar-refractivity contribution in [2.45, 2.75) is 25.7 Å². The van der Waals surface area contributed by atoms with Crippen molar-refractivity contribution in [3.05, 3.63) is 46.2 Å². The molecule has 1 unspecified atom stereocenters. The molecular formula is C15H12Cl2F3N3O3. The summed E-state index contributed by atoms with van der Waals surface area (Å²) in [4.78, 5) is 23.8. The molecule has 6 nitrogen and oxygen atoms in total. The summed E-state index contributed by atoms with van der Waals surface area (Å²) >= 11 is 11.8. The lowest BCUT2D eigenvalue weighted by molar-refractivity contribution is -0.154. The topological polar surface area (TPSA) is 73.2 Å².